The van der Waals surface area contributed by atoms with Crippen LogP contribution in [0.1, 0.15) is 37.0 Å². The van der Waals surface area contributed by atoms with E-state index in [9.17, 15) is 13.2 Å². The zero-order chi connectivity index (χ0) is 27.5. The van der Waals surface area contributed by atoms with Gasteiger partial charge in [0.2, 0.25) is 5.91 Å². The van der Waals surface area contributed by atoms with Gasteiger partial charge in [-0.1, -0.05) is 67.9 Å². The second-order valence-electron chi connectivity index (χ2n) is 10.8. The van der Waals surface area contributed by atoms with Crippen molar-refractivity contribution >= 4 is 26.8 Å². The number of rotatable bonds is 10. The third kappa shape index (κ3) is 6.14. The maximum atomic E-state index is 13.2. The van der Waals surface area contributed by atoms with Crippen LogP contribution in [0.3, 0.4) is 0 Å². The van der Waals surface area contributed by atoms with Crippen LogP contribution in [-0.2, 0) is 26.7 Å². The van der Waals surface area contributed by atoms with Gasteiger partial charge in [0.15, 0.2) is 0 Å². The molecule has 8 heteroatoms. The molecular formula is C30H36N4O3S. The number of hydrogen-bond donors (Lipinski definition) is 1. The average Bonchev–Trinajstić information content (AvgIpc) is 3.31. The normalized spacial score (nSPS) is 13.1. The first-order valence-electron chi connectivity index (χ1n) is 12.7. The summed E-state index contributed by atoms with van der Waals surface area (Å²) in [5.41, 5.74) is 3.45. The van der Waals surface area contributed by atoms with Crippen molar-refractivity contribution in [2.24, 2.45) is 0 Å². The van der Waals surface area contributed by atoms with Crippen LogP contribution in [0.2, 0.25) is 0 Å². The van der Waals surface area contributed by atoms with Gasteiger partial charge >= 0.3 is 0 Å². The summed E-state index contributed by atoms with van der Waals surface area (Å²) in [6.07, 6.45) is 2.68. The molecule has 7 nitrogen and oxygen atoms in total. The smallest absolute Gasteiger partial charge is 0.283 e. The average molecular weight is 533 g/mol. The van der Waals surface area contributed by atoms with Gasteiger partial charge in [0.25, 0.3) is 10.0 Å². The Morgan fingerprint density at radius 2 is 1.71 bits per heavy atom. The Bertz CT molecular complexity index is 1510. The minimum Gasteiger partial charge on any atom is -0.354 e. The Morgan fingerprint density at radius 1 is 1.03 bits per heavy atom. The lowest BCUT2D eigenvalue weighted by atomic mass is 9.81. The lowest BCUT2D eigenvalue weighted by molar-refractivity contribution is -0.122. The summed E-state index contributed by atoms with van der Waals surface area (Å²) in [6, 6.07) is 22.6. The first-order valence-corrected chi connectivity index (χ1v) is 14.2. The second-order valence-corrected chi connectivity index (χ2v) is 12.5. The van der Waals surface area contributed by atoms with Crippen molar-refractivity contribution in [2.45, 2.75) is 50.0 Å². The number of amides is 1. The van der Waals surface area contributed by atoms with Crippen LogP contribution in [-0.4, -0.2) is 55.1 Å². The summed E-state index contributed by atoms with van der Waals surface area (Å²) in [4.78, 5) is 15.1. The number of carbonyl (C=O) groups is 1. The summed E-state index contributed by atoms with van der Waals surface area (Å²) >= 11 is 0. The molecule has 1 atom stereocenters. The fourth-order valence-corrected chi connectivity index (χ4v) is 5.86. The molecule has 0 spiro atoms. The largest absolute Gasteiger partial charge is 0.354 e. The van der Waals surface area contributed by atoms with Gasteiger partial charge in [0, 0.05) is 24.4 Å². The molecule has 0 aliphatic carbocycles. The minimum absolute atomic E-state index is 0.0174. The lowest BCUT2D eigenvalue weighted by Crippen LogP contribution is -2.42. The molecule has 1 heterocycles. The Hall–Kier alpha value is -3.49. The number of likely N-dealkylation sites (N-methyl/N-ethyl adjacent to an activating group) is 1. The fraction of sp³-hybridized carbons (Fsp3) is 0.333. The Morgan fingerprint density at radius 3 is 2.37 bits per heavy atom. The molecule has 3 aromatic carbocycles. The van der Waals surface area contributed by atoms with Gasteiger partial charge in [-0.3, -0.25) is 4.79 Å². The van der Waals surface area contributed by atoms with Crippen molar-refractivity contribution < 1.29 is 13.2 Å². The standard InChI is InChI=1S/C30H36N4O3S/c1-22-11-14-27(15-12-22)38(36,37)34-28-16-13-23(17-24(28)20-32-34)18-26(33(4)5)21-31-29(35)19-30(2,3)25-9-7-6-8-10-25/h6-17,20,26H,18-19,21H2,1-5H3,(H,31,35)/t26-/m0/s1. The van der Waals surface area contributed by atoms with Crippen molar-refractivity contribution in [1.29, 1.82) is 0 Å². The monoisotopic (exact) mass is 532 g/mol. The van der Waals surface area contributed by atoms with E-state index in [1.165, 1.54) is 0 Å². The maximum absolute atomic E-state index is 13.2. The first-order chi connectivity index (χ1) is 18.0. The zero-order valence-electron chi connectivity index (χ0n) is 22.7. The van der Waals surface area contributed by atoms with Crippen molar-refractivity contribution in [3.63, 3.8) is 0 Å². The van der Waals surface area contributed by atoms with Gasteiger partial charge in [0.1, 0.15) is 0 Å². The highest BCUT2D eigenvalue weighted by Crippen LogP contribution is 2.27. The molecule has 0 aliphatic rings. The number of carbonyl (C=O) groups excluding carboxylic acids is 1. The summed E-state index contributed by atoms with van der Waals surface area (Å²) in [5.74, 6) is 0.0174. The number of aryl methyl sites for hydroxylation is 1. The van der Waals surface area contributed by atoms with Crippen LogP contribution in [0.4, 0.5) is 0 Å². The molecule has 1 N–H and O–H groups in total. The van der Waals surface area contributed by atoms with E-state index in [2.05, 4.69) is 41.3 Å². The van der Waals surface area contributed by atoms with Gasteiger partial charge in [-0.05, 0) is 68.2 Å². The zero-order valence-corrected chi connectivity index (χ0v) is 23.5. The van der Waals surface area contributed by atoms with E-state index in [1.807, 2.05) is 51.4 Å². The Kier molecular flexibility index (Phi) is 8.04. The molecule has 0 fully saturated rings. The number of aromatic nitrogens is 2. The number of nitrogens with one attached hydrogen (secondary N) is 1. The molecule has 0 saturated heterocycles. The highest BCUT2D eigenvalue weighted by atomic mass is 32.2. The summed E-state index contributed by atoms with van der Waals surface area (Å²) in [5, 5.41) is 8.07. The Labute approximate surface area is 225 Å². The highest BCUT2D eigenvalue weighted by Gasteiger charge is 2.25. The molecule has 200 valence electrons. The molecular weight excluding hydrogens is 496 g/mol. The minimum atomic E-state index is -3.79. The van der Waals surface area contributed by atoms with Crippen LogP contribution in [0.25, 0.3) is 10.9 Å². The Balaban J connectivity index is 1.45. The molecule has 1 aromatic heterocycles. The predicted octanol–water partition coefficient (Wildman–Crippen LogP) is 4.54. The predicted molar refractivity (Wildman–Crippen MR) is 152 cm³/mol. The van der Waals surface area contributed by atoms with Gasteiger partial charge in [-0.25, -0.2) is 0 Å². The molecule has 0 bridgehead atoms. The molecule has 0 radical (unpaired) electrons. The van der Waals surface area contributed by atoms with E-state index < -0.39 is 10.0 Å². The number of hydrogen-bond acceptors (Lipinski definition) is 5. The van der Waals surface area contributed by atoms with Crippen LogP contribution in [0.15, 0.2) is 83.9 Å². The number of fused-ring (bicyclic) bond motifs is 1. The first kappa shape index (κ1) is 27.5. The van der Waals surface area contributed by atoms with E-state index >= 15 is 0 Å². The maximum Gasteiger partial charge on any atom is 0.283 e. The second kappa shape index (κ2) is 11.1. The summed E-state index contributed by atoms with van der Waals surface area (Å²) in [6.45, 7) is 6.59. The van der Waals surface area contributed by atoms with E-state index in [4.69, 9.17) is 0 Å². The topological polar surface area (TPSA) is 84.3 Å². The van der Waals surface area contributed by atoms with Crippen molar-refractivity contribution in [3.8, 4) is 0 Å². The number of nitrogens with zero attached hydrogens (tertiary/aromatic N) is 3. The van der Waals surface area contributed by atoms with Crippen molar-refractivity contribution in [1.82, 2.24) is 19.4 Å². The molecule has 38 heavy (non-hydrogen) atoms. The van der Waals surface area contributed by atoms with Gasteiger partial charge < -0.3 is 10.2 Å². The lowest BCUT2D eigenvalue weighted by Gasteiger charge is -2.27. The van der Waals surface area contributed by atoms with Gasteiger partial charge in [0.05, 0.1) is 16.6 Å². The van der Waals surface area contributed by atoms with E-state index in [1.54, 1.807) is 36.5 Å². The molecule has 0 aliphatic heterocycles. The van der Waals surface area contributed by atoms with Gasteiger partial charge in [-0.15, -0.1) is 0 Å². The molecule has 4 aromatic rings. The quantitative estimate of drug-likeness (QED) is 0.324. The van der Waals surface area contributed by atoms with E-state index in [0.29, 0.717) is 24.9 Å². The van der Waals surface area contributed by atoms with E-state index in [0.717, 1.165) is 26.2 Å². The summed E-state index contributed by atoms with van der Waals surface area (Å²) < 4.78 is 27.4. The van der Waals surface area contributed by atoms with E-state index in [-0.39, 0.29) is 22.3 Å². The molecule has 1 amide bonds. The van der Waals surface area contributed by atoms with Crippen molar-refractivity contribution in [3.05, 3.63) is 95.7 Å². The summed E-state index contributed by atoms with van der Waals surface area (Å²) in [7, 11) is 0.199. The number of benzene rings is 3. The highest BCUT2D eigenvalue weighted by molar-refractivity contribution is 7.90. The molecule has 0 unspecified atom stereocenters. The van der Waals surface area contributed by atoms with Gasteiger partial charge in [-0.2, -0.15) is 17.6 Å². The van der Waals surface area contributed by atoms with Crippen LogP contribution < -0.4 is 5.32 Å². The third-order valence-electron chi connectivity index (χ3n) is 7.04. The SMILES string of the molecule is Cc1ccc(S(=O)(=O)n2ncc3cc(C[C@@H](CNC(=O)CC(C)(C)c4ccccc4)N(C)C)ccc32)cc1. The third-order valence-corrected chi connectivity index (χ3v) is 8.65. The molecule has 4 rings (SSSR count). The van der Waals surface area contributed by atoms with Crippen LogP contribution in [0, 0.1) is 6.92 Å². The molecule has 0 saturated carbocycles. The fourth-order valence-electron chi connectivity index (χ4n) is 4.58. The van der Waals surface area contributed by atoms with Crippen molar-refractivity contribution in [2.75, 3.05) is 20.6 Å². The van der Waals surface area contributed by atoms with Crippen LogP contribution in [0.5, 0.6) is 0 Å². The van der Waals surface area contributed by atoms with Crippen LogP contribution >= 0.6 is 0 Å².